The van der Waals surface area contributed by atoms with Crippen LogP contribution >= 0.6 is 0 Å². The quantitative estimate of drug-likeness (QED) is 0.823. The zero-order chi connectivity index (χ0) is 14.5. The molecular weight excluding hydrogens is 248 g/mol. The van der Waals surface area contributed by atoms with E-state index in [0.29, 0.717) is 18.8 Å². The first-order valence-corrected chi connectivity index (χ1v) is 5.99. The van der Waals surface area contributed by atoms with Crippen molar-refractivity contribution in [2.75, 3.05) is 20.8 Å². The van der Waals surface area contributed by atoms with Crippen LogP contribution in [0.3, 0.4) is 0 Å². The summed E-state index contributed by atoms with van der Waals surface area (Å²) in [6.45, 7) is 4.23. The zero-order valence-corrected chi connectivity index (χ0v) is 11.7. The minimum atomic E-state index is -1.04. The Labute approximate surface area is 113 Å². The molecule has 0 saturated carbocycles. The molecule has 0 fully saturated rings. The summed E-state index contributed by atoms with van der Waals surface area (Å²) in [6.07, 6.45) is 0.639. The third-order valence-electron chi connectivity index (χ3n) is 2.93. The second-order valence-electron chi connectivity index (χ2n) is 4.70. The first-order valence-electron chi connectivity index (χ1n) is 5.99. The Bertz CT molecular complexity index is 439. The molecule has 1 N–H and O–H groups in total. The molecule has 0 spiro atoms. The summed E-state index contributed by atoms with van der Waals surface area (Å²) < 4.78 is 16.0. The van der Waals surface area contributed by atoms with Crippen LogP contribution in [-0.2, 0) is 4.74 Å². The molecule has 0 atom stereocenters. The molecule has 5 nitrogen and oxygen atoms in total. The molecule has 0 radical (unpaired) electrons. The first kappa shape index (κ1) is 15.3. The van der Waals surface area contributed by atoms with Crippen molar-refractivity contribution >= 4 is 5.97 Å². The minimum absolute atomic E-state index is 0.0922. The van der Waals surface area contributed by atoms with Gasteiger partial charge in [0.15, 0.2) is 11.5 Å². The first-order chi connectivity index (χ1) is 8.91. The van der Waals surface area contributed by atoms with Crippen LogP contribution < -0.4 is 9.47 Å². The maximum Gasteiger partial charge on any atom is 0.339 e. The van der Waals surface area contributed by atoms with E-state index in [1.807, 2.05) is 13.8 Å². The van der Waals surface area contributed by atoms with E-state index in [0.717, 1.165) is 0 Å². The Hall–Kier alpha value is -1.75. The lowest BCUT2D eigenvalue weighted by atomic mass is 10.1. The number of hydrogen-bond donors (Lipinski definition) is 1. The Morgan fingerprint density at radius 1 is 1.32 bits per heavy atom. The number of benzene rings is 1. The number of para-hydroxylation sites is 1. The number of carbonyl (C=O) groups is 1. The third kappa shape index (κ3) is 4.13. The standard InChI is InChI=1S/C14H20O5/c1-14(2,18-4)8-9-19-12-10(13(15)16)6-5-7-11(12)17-3/h5-7H,8-9H2,1-4H3,(H,15,16). The molecule has 0 saturated heterocycles. The van der Waals surface area contributed by atoms with E-state index in [2.05, 4.69) is 0 Å². The normalized spacial score (nSPS) is 11.2. The number of hydrogen-bond acceptors (Lipinski definition) is 4. The van der Waals surface area contributed by atoms with Crippen LogP contribution in [0.1, 0.15) is 30.6 Å². The van der Waals surface area contributed by atoms with Crippen molar-refractivity contribution in [2.24, 2.45) is 0 Å². The highest BCUT2D eigenvalue weighted by Crippen LogP contribution is 2.31. The number of ether oxygens (including phenoxy) is 3. The molecule has 0 aliphatic carbocycles. The predicted molar refractivity (Wildman–Crippen MR) is 71.2 cm³/mol. The van der Waals surface area contributed by atoms with Gasteiger partial charge in [-0.1, -0.05) is 6.07 Å². The molecule has 19 heavy (non-hydrogen) atoms. The van der Waals surface area contributed by atoms with Gasteiger partial charge in [-0.15, -0.1) is 0 Å². The van der Waals surface area contributed by atoms with Crippen molar-refractivity contribution in [3.63, 3.8) is 0 Å². The van der Waals surface area contributed by atoms with Crippen molar-refractivity contribution in [1.29, 1.82) is 0 Å². The van der Waals surface area contributed by atoms with Crippen LogP contribution in [0.25, 0.3) is 0 Å². The molecule has 1 aromatic carbocycles. The summed E-state index contributed by atoms with van der Waals surface area (Å²) >= 11 is 0. The summed E-state index contributed by atoms with van der Waals surface area (Å²) in [4.78, 5) is 11.1. The Balaban J connectivity index is 2.84. The predicted octanol–water partition coefficient (Wildman–Crippen LogP) is 2.59. The number of carboxylic acid groups (broad SMARTS) is 1. The summed E-state index contributed by atoms with van der Waals surface area (Å²) in [7, 11) is 3.11. The average Bonchev–Trinajstić information content (AvgIpc) is 2.38. The van der Waals surface area contributed by atoms with E-state index in [9.17, 15) is 4.79 Å². The molecular formula is C14H20O5. The molecule has 0 aliphatic heterocycles. The second-order valence-corrected chi connectivity index (χ2v) is 4.70. The van der Waals surface area contributed by atoms with Crippen LogP contribution in [0, 0.1) is 0 Å². The Morgan fingerprint density at radius 3 is 2.53 bits per heavy atom. The van der Waals surface area contributed by atoms with Gasteiger partial charge >= 0.3 is 5.97 Å². The zero-order valence-electron chi connectivity index (χ0n) is 11.7. The molecule has 0 bridgehead atoms. The number of methoxy groups -OCH3 is 2. The minimum Gasteiger partial charge on any atom is -0.493 e. The van der Waals surface area contributed by atoms with Gasteiger partial charge in [0.1, 0.15) is 5.56 Å². The molecule has 0 aromatic heterocycles. The maximum atomic E-state index is 11.1. The van der Waals surface area contributed by atoms with Gasteiger partial charge in [-0.3, -0.25) is 0 Å². The van der Waals surface area contributed by atoms with Crippen molar-refractivity contribution in [2.45, 2.75) is 25.9 Å². The molecule has 0 amide bonds. The highest BCUT2D eigenvalue weighted by Gasteiger charge is 2.19. The van der Waals surface area contributed by atoms with Gasteiger partial charge in [0.2, 0.25) is 0 Å². The van der Waals surface area contributed by atoms with Crippen LogP contribution in [0.4, 0.5) is 0 Å². The van der Waals surface area contributed by atoms with Crippen molar-refractivity contribution in [3.8, 4) is 11.5 Å². The molecule has 0 aliphatic rings. The van der Waals surface area contributed by atoms with Gasteiger partial charge in [-0.05, 0) is 26.0 Å². The summed E-state index contributed by atoms with van der Waals surface area (Å²) in [5, 5.41) is 9.13. The van der Waals surface area contributed by atoms with Crippen LogP contribution in [0.15, 0.2) is 18.2 Å². The fourth-order valence-corrected chi connectivity index (χ4v) is 1.49. The van der Waals surface area contributed by atoms with E-state index < -0.39 is 5.97 Å². The fraction of sp³-hybridized carbons (Fsp3) is 0.500. The van der Waals surface area contributed by atoms with Crippen molar-refractivity contribution < 1.29 is 24.1 Å². The molecule has 0 heterocycles. The highest BCUT2D eigenvalue weighted by atomic mass is 16.5. The molecule has 5 heteroatoms. The molecule has 0 unspecified atom stereocenters. The lowest BCUT2D eigenvalue weighted by Gasteiger charge is -2.23. The molecule has 1 aromatic rings. The number of rotatable bonds is 7. The van der Waals surface area contributed by atoms with E-state index in [4.69, 9.17) is 19.3 Å². The molecule has 106 valence electrons. The summed E-state index contributed by atoms with van der Waals surface area (Å²) in [6, 6.07) is 4.78. The van der Waals surface area contributed by atoms with Crippen LogP contribution in [0.5, 0.6) is 11.5 Å². The van der Waals surface area contributed by atoms with Gasteiger partial charge in [-0.25, -0.2) is 4.79 Å². The summed E-state index contributed by atoms with van der Waals surface area (Å²) in [5.74, 6) is -0.376. The smallest absolute Gasteiger partial charge is 0.339 e. The third-order valence-corrected chi connectivity index (χ3v) is 2.93. The van der Waals surface area contributed by atoms with Gasteiger partial charge in [0.05, 0.1) is 19.3 Å². The van der Waals surface area contributed by atoms with E-state index in [1.165, 1.54) is 13.2 Å². The highest BCUT2D eigenvalue weighted by molar-refractivity contribution is 5.92. The number of aromatic carboxylic acids is 1. The van der Waals surface area contributed by atoms with Gasteiger partial charge in [0, 0.05) is 13.5 Å². The average molecular weight is 268 g/mol. The van der Waals surface area contributed by atoms with Crippen molar-refractivity contribution in [3.05, 3.63) is 23.8 Å². The van der Waals surface area contributed by atoms with E-state index in [1.54, 1.807) is 19.2 Å². The fourth-order valence-electron chi connectivity index (χ4n) is 1.49. The second kappa shape index (κ2) is 6.43. The van der Waals surface area contributed by atoms with Gasteiger partial charge < -0.3 is 19.3 Å². The van der Waals surface area contributed by atoms with Gasteiger partial charge in [0.25, 0.3) is 0 Å². The van der Waals surface area contributed by atoms with Crippen LogP contribution in [-0.4, -0.2) is 37.5 Å². The monoisotopic (exact) mass is 268 g/mol. The lowest BCUT2D eigenvalue weighted by Crippen LogP contribution is -2.25. The SMILES string of the molecule is COc1cccc(C(=O)O)c1OCCC(C)(C)OC. The van der Waals surface area contributed by atoms with Crippen LogP contribution in [0.2, 0.25) is 0 Å². The maximum absolute atomic E-state index is 11.1. The Kier molecular flexibility index (Phi) is 5.18. The number of carboxylic acids is 1. The largest absolute Gasteiger partial charge is 0.493 e. The summed E-state index contributed by atoms with van der Waals surface area (Å²) in [5.41, 5.74) is -0.222. The Morgan fingerprint density at radius 2 is 2.00 bits per heavy atom. The van der Waals surface area contributed by atoms with E-state index >= 15 is 0 Å². The lowest BCUT2D eigenvalue weighted by molar-refractivity contribution is 0.00516. The molecule has 1 rings (SSSR count). The van der Waals surface area contributed by atoms with E-state index in [-0.39, 0.29) is 16.9 Å². The topological polar surface area (TPSA) is 65.0 Å². The van der Waals surface area contributed by atoms with Crippen molar-refractivity contribution in [1.82, 2.24) is 0 Å². The van der Waals surface area contributed by atoms with Gasteiger partial charge in [-0.2, -0.15) is 0 Å².